The molecule has 0 saturated heterocycles. The molecule has 0 radical (unpaired) electrons. The van der Waals surface area contributed by atoms with Crippen LogP contribution in [-0.2, 0) is 31.9 Å². The Morgan fingerprint density at radius 1 is 0.652 bits per heavy atom. The maximum absolute atomic E-state index is 5.42. The van der Waals surface area contributed by atoms with E-state index in [4.69, 9.17) is 15.0 Å². The van der Waals surface area contributed by atoms with Gasteiger partial charge in [0, 0.05) is 18.1 Å². The van der Waals surface area contributed by atoms with Crippen molar-refractivity contribution < 1.29 is 21.1 Å². The number of nitrogens with zero attached hydrogens (tertiary/aromatic N) is 3. The minimum atomic E-state index is -0.0470. The molecule has 6 rings (SSSR count). The second kappa shape index (κ2) is 12.6. The first kappa shape index (κ1) is 33.8. The molecule has 3 aromatic carbocycles. The van der Waals surface area contributed by atoms with E-state index in [1.165, 1.54) is 33.0 Å². The summed E-state index contributed by atoms with van der Waals surface area (Å²) in [6.07, 6.45) is 3.90. The Morgan fingerprint density at radius 2 is 1.26 bits per heavy atom. The number of aromatic nitrogens is 3. The Bertz CT molecular complexity index is 2020. The molecule has 3 aromatic heterocycles. The average Bonchev–Trinajstić information content (AvgIpc) is 3.38. The van der Waals surface area contributed by atoms with Gasteiger partial charge in [-0.3, -0.25) is 9.97 Å². The molecule has 3 heterocycles. The summed E-state index contributed by atoms with van der Waals surface area (Å²) in [5.41, 5.74) is 13.2. The molecule has 46 heavy (non-hydrogen) atoms. The molecule has 0 saturated carbocycles. The Kier molecular flexibility index (Phi) is 9.24. The third kappa shape index (κ3) is 6.36. The first-order chi connectivity index (χ1) is 21.2. The van der Waals surface area contributed by atoms with Crippen molar-refractivity contribution in [3.8, 4) is 33.6 Å². The zero-order valence-electron chi connectivity index (χ0n) is 28.8. The number of benzene rings is 3. The normalized spacial score (nSPS) is 12.3. The van der Waals surface area contributed by atoms with Crippen molar-refractivity contribution in [2.24, 2.45) is 0 Å². The van der Waals surface area contributed by atoms with Crippen molar-refractivity contribution in [3.05, 3.63) is 107 Å². The average molecular weight is 787 g/mol. The zero-order valence-corrected chi connectivity index (χ0v) is 31.1. The molecule has 0 fully saturated rings. The van der Waals surface area contributed by atoms with Gasteiger partial charge in [-0.2, -0.15) is 5.52 Å². The summed E-state index contributed by atoms with van der Waals surface area (Å²) in [4.78, 5) is 15.2. The van der Waals surface area contributed by atoms with Crippen molar-refractivity contribution in [1.82, 2.24) is 15.0 Å². The molecule has 0 spiro atoms. The SMILES string of the molecule is CC(C)c1cnc(-c2[c-]c(-c3cc(C(C)(C)C)cc4c3[n-]c3c(-c5ccccn5)cc(C(C)(C)C)cc34)ccc2)c(C(C)C)c1.[Pt+2]. The van der Waals surface area contributed by atoms with Crippen LogP contribution in [0.15, 0.2) is 79.1 Å². The van der Waals surface area contributed by atoms with Gasteiger partial charge in [-0.15, -0.1) is 35.3 Å². The van der Waals surface area contributed by atoms with E-state index in [1.54, 1.807) is 0 Å². The standard InChI is InChI=1S/C42H45N3.Pt/c1-25(2)29-19-32(26(3)4)38(44-24-29)28-15-13-14-27(18-28)33-20-30(41(5,6)7)21-34-35-22-31(42(8,9)10)23-36(40(35)45-39(33)34)37-16-11-12-17-43-37;/h11-17,19-26H,1-10H3;/q-2;+2. The van der Waals surface area contributed by atoms with Crippen molar-refractivity contribution >= 4 is 21.8 Å². The van der Waals surface area contributed by atoms with Gasteiger partial charge in [0.25, 0.3) is 0 Å². The molecular formula is C42H45N3Pt. The fourth-order valence-electron chi connectivity index (χ4n) is 6.06. The van der Waals surface area contributed by atoms with E-state index in [0.717, 1.165) is 44.7 Å². The van der Waals surface area contributed by atoms with Gasteiger partial charge in [0.15, 0.2) is 0 Å². The molecule has 0 unspecified atom stereocenters. The number of pyridine rings is 2. The summed E-state index contributed by atoms with van der Waals surface area (Å²) in [5, 5.41) is 2.35. The molecule has 0 N–H and O–H groups in total. The molecule has 0 bridgehead atoms. The maximum atomic E-state index is 5.42. The first-order valence-electron chi connectivity index (χ1n) is 16.3. The quantitative estimate of drug-likeness (QED) is 0.163. The largest absolute Gasteiger partial charge is 2.00 e. The second-order valence-corrected chi connectivity index (χ2v) is 15.2. The van der Waals surface area contributed by atoms with E-state index in [1.807, 2.05) is 18.5 Å². The molecule has 6 aromatic rings. The fourth-order valence-corrected chi connectivity index (χ4v) is 6.06. The summed E-state index contributed by atoms with van der Waals surface area (Å²) in [7, 11) is 0. The van der Waals surface area contributed by atoms with Crippen LogP contribution in [0.1, 0.15) is 103 Å². The molecule has 0 aliphatic heterocycles. The summed E-state index contributed by atoms with van der Waals surface area (Å²) in [6.45, 7) is 22.6. The van der Waals surface area contributed by atoms with Crippen LogP contribution >= 0.6 is 0 Å². The second-order valence-electron chi connectivity index (χ2n) is 15.2. The third-order valence-electron chi connectivity index (χ3n) is 8.97. The maximum Gasteiger partial charge on any atom is 2.00 e. The summed E-state index contributed by atoms with van der Waals surface area (Å²) in [6, 6.07) is 28.0. The molecule has 0 aliphatic rings. The first-order valence-corrected chi connectivity index (χ1v) is 16.3. The zero-order chi connectivity index (χ0) is 32.3. The van der Waals surface area contributed by atoms with Crippen LogP contribution in [0.3, 0.4) is 0 Å². The van der Waals surface area contributed by atoms with E-state index in [0.29, 0.717) is 11.8 Å². The minimum absolute atomic E-state index is 0. The third-order valence-corrected chi connectivity index (χ3v) is 8.97. The fraction of sp³-hybridized carbons (Fsp3) is 0.333. The predicted octanol–water partition coefficient (Wildman–Crippen LogP) is 11.4. The van der Waals surface area contributed by atoms with Crippen LogP contribution in [0.5, 0.6) is 0 Å². The number of hydrogen-bond acceptors (Lipinski definition) is 2. The van der Waals surface area contributed by atoms with Gasteiger partial charge in [0.2, 0.25) is 0 Å². The van der Waals surface area contributed by atoms with Crippen LogP contribution in [-0.4, -0.2) is 9.97 Å². The Hall–Kier alpha value is -3.55. The molecule has 238 valence electrons. The molecule has 3 nitrogen and oxygen atoms in total. The van der Waals surface area contributed by atoms with Gasteiger partial charge in [-0.1, -0.05) is 122 Å². The van der Waals surface area contributed by atoms with E-state index in [9.17, 15) is 0 Å². The van der Waals surface area contributed by atoms with Gasteiger partial charge in [0.1, 0.15) is 0 Å². The van der Waals surface area contributed by atoms with E-state index in [-0.39, 0.29) is 31.9 Å². The van der Waals surface area contributed by atoms with Gasteiger partial charge in [-0.05, 0) is 67.8 Å². The molecule has 0 amide bonds. The van der Waals surface area contributed by atoms with Crippen LogP contribution in [0.25, 0.3) is 55.4 Å². The molecule has 0 aliphatic carbocycles. The van der Waals surface area contributed by atoms with Crippen LogP contribution in [0.4, 0.5) is 0 Å². The smallest absolute Gasteiger partial charge is 0.662 e. The summed E-state index contributed by atoms with van der Waals surface area (Å²) < 4.78 is 0. The van der Waals surface area contributed by atoms with E-state index < -0.39 is 0 Å². The molecule has 4 heteroatoms. The Labute approximate surface area is 289 Å². The number of hydrogen-bond donors (Lipinski definition) is 0. The topological polar surface area (TPSA) is 39.9 Å². The molecule has 0 atom stereocenters. The van der Waals surface area contributed by atoms with Crippen molar-refractivity contribution in [2.75, 3.05) is 0 Å². The summed E-state index contributed by atoms with van der Waals surface area (Å²) >= 11 is 0. The van der Waals surface area contributed by atoms with Crippen LogP contribution in [0.2, 0.25) is 0 Å². The predicted molar refractivity (Wildman–Crippen MR) is 191 cm³/mol. The van der Waals surface area contributed by atoms with Crippen LogP contribution < -0.4 is 4.98 Å². The van der Waals surface area contributed by atoms with Crippen LogP contribution in [0, 0.1) is 6.07 Å². The number of rotatable bonds is 5. The van der Waals surface area contributed by atoms with E-state index >= 15 is 0 Å². The van der Waals surface area contributed by atoms with Crippen molar-refractivity contribution in [3.63, 3.8) is 0 Å². The summed E-state index contributed by atoms with van der Waals surface area (Å²) in [5.74, 6) is 0.781. The van der Waals surface area contributed by atoms with Gasteiger partial charge in [0.05, 0.1) is 5.69 Å². The minimum Gasteiger partial charge on any atom is -0.662 e. The van der Waals surface area contributed by atoms with Crippen molar-refractivity contribution in [2.45, 2.75) is 91.9 Å². The van der Waals surface area contributed by atoms with Gasteiger partial charge < -0.3 is 4.98 Å². The molecular weight excluding hydrogens is 742 g/mol. The van der Waals surface area contributed by atoms with Crippen molar-refractivity contribution in [1.29, 1.82) is 0 Å². The monoisotopic (exact) mass is 786 g/mol. The number of fused-ring (bicyclic) bond motifs is 3. The Balaban J connectivity index is 0.00000417. The van der Waals surface area contributed by atoms with E-state index in [2.05, 4.69) is 136 Å². The van der Waals surface area contributed by atoms with Gasteiger partial charge >= 0.3 is 21.1 Å². The van der Waals surface area contributed by atoms with Gasteiger partial charge in [-0.25, -0.2) is 0 Å². The Morgan fingerprint density at radius 3 is 1.83 bits per heavy atom.